The molecule has 2 aromatic rings. The van der Waals surface area contributed by atoms with Gasteiger partial charge in [0.05, 0.1) is 10.2 Å². The Morgan fingerprint density at radius 3 is 2.45 bits per heavy atom. The van der Waals surface area contributed by atoms with Crippen LogP contribution < -0.4 is 5.73 Å². The Morgan fingerprint density at radius 2 is 1.90 bits per heavy atom. The molecule has 6 heteroatoms. The number of anilines is 1. The second-order valence-corrected chi connectivity index (χ2v) is 7.00. The second kappa shape index (κ2) is 5.16. The molecule has 0 spiro atoms. The zero-order chi connectivity index (χ0) is 15.1. The Bertz CT molecular complexity index is 619. The molecule has 0 saturated heterocycles. The number of nitrogens with zero attached hydrogens (tertiary/aromatic N) is 4. The second-order valence-electron chi connectivity index (χ2n) is 6.21. The van der Waals surface area contributed by atoms with Gasteiger partial charge in [0.2, 0.25) is 0 Å². The van der Waals surface area contributed by atoms with Crippen LogP contribution in [0.4, 0.5) is 5.82 Å². The van der Waals surface area contributed by atoms with Crippen molar-refractivity contribution in [2.45, 2.75) is 41.0 Å². The van der Waals surface area contributed by atoms with Crippen LogP contribution in [0.1, 0.15) is 38.0 Å². The first-order valence-corrected chi connectivity index (χ1v) is 7.32. The molecule has 0 bridgehead atoms. The van der Waals surface area contributed by atoms with Gasteiger partial charge in [-0.15, -0.1) is 0 Å². The molecule has 0 aliphatic heterocycles. The normalized spacial score (nSPS) is 11.9. The minimum Gasteiger partial charge on any atom is -0.383 e. The lowest BCUT2D eigenvalue weighted by Crippen LogP contribution is -2.11. The maximum absolute atomic E-state index is 6.15. The summed E-state index contributed by atoms with van der Waals surface area (Å²) >= 11 is 3.54. The quantitative estimate of drug-likeness (QED) is 0.913. The topological polar surface area (TPSA) is 69.6 Å². The summed E-state index contributed by atoms with van der Waals surface area (Å²) in [7, 11) is 0. The van der Waals surface area contributed by atoms with Crippen LogP contribution in [0.25, 0.3) is 5.82 Å². The van der Waals surface area contributed by atoms with E-state index in [-0.39, 0.29) is 5.41 Å². The van der Waals surface area contributed by atoms with Gasteiger partial charge in [0.1, 0.15) is 11.6 Å². The van der Waals surface area contributed by atoms with Crippen molar-refractivity contribution in [3.05, 3.63) is 27.8 Å². The molecule has 0 unspecified atom stereocenters. The van der Waals surface area contributed by atoms with Crippen LogP contribution in [0.15, 0.2) is 10.5 Å². The van der Waals surface area contributed by atoms with Crippen LogP contribution >= 0.6 is 15.9 Å². The van der Waals surface area contributed by atoms with E-state index in [4.69, 9.17) is 5.73 Å². The predicted octanol–water partition coefficient (Wildman–Crippen LogP) is 3.21. The molecule has 0 amide bonds. The van der Waals surface area contributed by atoms with Crippen molar-refractivity contribution < 1.29 is 0 Å². The average molecular weight is 338 g/mol. The fraction of sp³-hybridized carbons (Fsp3) is 0.500. The van der Waals surface area contributed by atoms with Gasteiger partial charge in [0.25, 0.3) is 0 Å². The molecule has 2 heterocycles. The molecule has 2 N–H and O–H groups in total. The van der Waals surface area contributed by atoms with Crippen LogP contribution in [0.2, 0.25) is 0 Å². The lowest BCUT2D eigenvalue weighted by atomic mass is 9.91. The van der Waals surface area contributed by atoms with E-state index in [1.165, 1.54) is 0 Å². The molecule has 20 heavy (non-hydrogen) atoms. The summed E-state index contributed by atoms with van der Waals surface area (Å²) in [6, 6.07) is 1.88. The largest absolute Gasteiger partial charge is 0.383 e. The minimum atomic E-state index is 0.144. The number of halogens is 1. The first kappa shape index (κ1) is 15.0. The summed E-state index contributed by atoms with van der Waals surface area (Å²) in [4.78, 5) is 8.68. The Hall–Kier alpha value is -1.43. The van der Waals surface area contributed by atoms with Gasteiger partial charge < -0.3 is 5.73 Å². The zero-order valence-electron chi connectivity index (χ0n) is 12.5. The van der Waals surface area contributed by atoms with Gasteiger partial charge in [-0.1, -0.05) is 20.8 Å². The number of nitrogens with two attached hydrogens (primary N) is 1. The highest BCUT2D eigenvalue weighted by Gasteiger charge is 2.21. The highest BCUT2D eigenvalue weighted by Crippen LogP contribution is 2.30. The van der Waals surface area contributed by atoms with Crippen molar-refractivity contribution in [3.63, 3.8) is 0 Å². The number of hydrogen-bond donors (Lipinski definition) is 1. The van der Waals surface area contributed by atoms with E-state index in [1.807, 2.05) is 19.9 Å². The molecule has 0 atom stereocenters. The molecule has 108 valence electrons. The highest BCUT2D eigenvalue weighted by atomic mass is 79.9. The fourth-order valence-corrected chi connectivity index (χ4v) is 2.44. The van der Waals surface area contributed by atoms with E-state index in [9.17, 15) is 0 Å². The van der Waals surface area contributed by atoms with Crippen molar-refractivity contribution in [2.24, 2.45) is 5.41 Å². The smallest absolute Gasteiger partial charge is 0.159 e. The standard InChI is InChI=1S/C14H20BrN5/c1-8-6-11(18-9(2)17-8)20-13(16)12(15)10(19-20)7-14(3,4)5/h6H,7,16H2,1-5H3. The summed E-state index contributed by atoms with van der Waals surface area (Å²) in [6.07, 6.45) is 0.841. The molecule has 0 aromatic carbocycles. The van der Waals surface area contributed by atoms with E-state index in [0.717, 1.165) is 22.3 Å². The van der Waals surface area contributed by atoms with Crippen LogP contribution in [0, 0.1) is 19.3 Å². The Balaban J connectivity index is 2.50. The van der Waals surface area contributed by atoms with Crippen LogP contribution in [-0.4, -0.2) is 19.7 Å². The monoisotopic (exact) mass is 337 g/mol. The molecule has 0 fully saturated rings. The van der Waals surface area contributed by atoms with Crippen molar-refractivity contribution in [1.29, 1.82) is 0 Å². The lowest BCUT2D eigenvalue weighted by Gasteiger charge is -2.16. The van der Waals surface area contributed by atoms with E-state index >= 15 is 0 Å². The van der Waals surface area contributed by atoms with Gasteiger partial charge >= 0.3 is 0 Å². The van der Waals surface area contributed by atoms with Gasteiger partial charge in [0.15, 0.2) is 5.82 Å². The van der Waals surface area contributed by atoms with Gasteiger partial charge in [0, 0.05) is 11.8 Å². The van der Waals surface area contributed by atoms with E-state index < -0.39 is 0 Å². The molecule has 0 radical (unpaired) electrons. The maximum atomic E-state index is 6.15. The van der Waals surface area contributed by atoms with Crippen molar-refractivity contribution in [1.82, 2.24) is 19.7 Å². The molecule has 0 aliphatic carbocycles. The van der Waals surface area contributed by atoms with Crippen molar-refractivity contribution in [2.75, 3.05) is 5.73 Å². The average Bonchev–Trinajstić information content (AvgIpc) is 2.54. The number of nitrogen functional groups attached to an aromatic ring is 1. The fourth-order valence-electron chi connectivity index (χ4n) is 2.06. The number of aromatic nitrogens is 4. The summed E-state index contributed by atoms with van der Waals surface area (Å²) in [5.41, 5.74) is 8.14. The van der Waals surface area contributed by atoms with E-state index in [2.05, 4.69) is 51.8 Å². The summed E-state index contributed by atoms with van der Waals surface area (Å²) in [6.45, 7) is 10.3. The maximum Gasteiger partial charge on any atom is 0.159 e. The Morgan fingerprint density at radius 1 is 1.25 bits per heavy atom. The number of aryl methyl sites for hydroxylation is 2. The molecule has 0 aliphatic rings. The first-order valence-electron chi connectivity index (χ1n) is 6.53. The molecular formula is C14H20BrN5. The van der Waals surface area contributed by atoms with Gasteiger partial charge in [-0.25, -0.2) is 9.97 Å². The molecule has 5 nitrogen and oxygen atoms in total. The van der Waals surface area contributed by atoms with Gasteiger partial charge in [-0.3, -0.25) is 0 Å². The summed E-state index contributed by atoms with van der Waals surface area (Å²) < 4.78 is 2.52. The van der Waals surface area contributed by atoms with Crippen LogP contribution in [0.5, 0.6) is 0 Å². The summed E-state index contributed by atoms with van der Waals surface area (Å²) in [5.74, 6) is 1.98. The molecule has 2 aromatic heterocycles. The summed E-state index contributed by atoms with van der Waals surface area (Å²) in [5, 5.41) is 4.60. The van der Waals surface area contributed by atoms with Crippen molar-refractivity contribution in [3.8, 4) is 5.82 Å². The Labute approximate surface area is 127 Å². The number of rotatable bonds is 2. The minimum absolute atomic E-state index is 0.144. The van der Waals surface area contributed by atoms with E-state index in [1.54, 1.807) is 4.68 Å². The van der Waals surface area contributed by atoms with Gasteiger partial charge in [-0.2, -0.15) is 9.78 Å². The van der Waals surface area contributed by atoms with Crippen LogP contribution in [0.3, 0.4) is 0 Å². The van der Waals surface area contributed by atoms with Crippen molar-refractivity contribution >= 4 is 21.7 Å². The molecule has 0 saturated carbocycles. The molecule has 2 rings (SSSR count). The predicted molar refractivity (Wildman–Crippen MR) is 83.9 cm³/mol. The van der Waals surface area contributed by atoms with Gasteiger partial charge in [-0.05, 0) is 41.6 Å². The zero-order valence-corrected chi connectivity index (χ0v) is 14.1. The highest BCUT2D eigenvalue weighted by molar-refractivity contribution is 9.10. The third kappa shape index (κ3) is 3.17. The number of hydrogen-bond acceptors (Lipinski definition) is 4. The van der Waals surface area contributed by atoms with Crippen LogP contribution in [-0.2, 0) is 6.42 Å². The molecular weight excluding hydrogens is 318 g/mol. The lowest BCUT2D eigenvalue weighted by molar-refractivity contribution is 0.404. The third-order valence-electron chi connectivity index (χ3n) is 2.79. The van der Waals surface area contributed by atoms with E-state index in [0.29, 0.717) is 17.5 Å². The third-order valence-corrected chi connectivity index (χ3v) is 3.66. The first-order chi connectivity index (χ1) is 9.17. The Kier molecular flexibility index (Phi) is 3.86. The SMILES string of the molecule is Cc1cc(-n2nc(CC(C)(C)C)c(Br)c2N)nc(C)n1.